The summed E-state index contributed by atoms with van der Waals surface area (Å²) in [6.45, 7) is 11.8. The van der Waals surface area contributed by atoms with Gasteiger partial charge in [0, 0.05) is 29.4 Å². The van der Waals surface area contributed by atoms with Gasteiger partial charge in [0.1, 0.15) is 0 Å². The summed E-state index contributed by atoms with van der Waals surface area (Å²) in [6, 6.07) is 6.83. The maximum Gasteiger partial charge on any atom is 0.251 e. The SMILES string of the molecule is Cc1c(NC(C)C(C)C)cccc1C(=O)NC1CCCNC1C.Cl.Cl. The number of halogens is 2. The molecule has 144 valence electrons. The van der Waals surface area contributed by atoms with Crippen molar-refractivity contribution in [1.29, 1.82) is 0 Å². The number of hydrogen-bond acceptors (Lipinski definition) is 3. The minimum absolute atomic E-state index is 0. The highest BCUT2D eigenvalue weighted by atomic mass is 35.5. The van der Waals surface area contributed by atoms with E-state index in [1.165, 1.54) is 0 Å². The second-order valence-electron chi connectivity index (χ2n) is 7.12. The first-order valence-electron chi connectivity index (χ1n) is 8.80. The molecule has 1 aliphatic heterocycles. The average molecular weight is 390 g/mol. The molecular formula is C19H33Cl2N3O. The zero-order chi connectivity index (χ0) is 17.0. The molecule has 3 unspecified atom stereocenters. The van der Waals surface area contributed by atoms with Crippen molar-refractivity contribution in [2.75, 3.05) is 11.9 Å². The van der Waals surface area contributed by atoms with Gasteiger partial charge >= 0.3 is 0 Å². The van der Waals surface area contributed by atoms with E-state index < -0.39 is 0 Å². The van der Waals surface area contributed by atoms with Crippen LogP contribution in [0.2, 0.25) is 0 Å². The Balaban J connectivity index is 0.00000288. The summed E-state index contributed by atoms with van der Waals surface area (Å²) in [6.07, 6.45) is 2.16. The van der Waals surface area contributed by atoms with Crippen LogP contribution in [0.4, 0.5) is 5.69 Å². The first-order valence-corrected chi connectivity index (χ1v) is 8.80. The lowest BCUT2D eigenvalue weighted by molar-refractivity contribution is 0.0919. The zero-order valence-corrected chi connectivity index (χ0v) is 17.5. The molecule has 1 amide bonds. The topological polar surface area (TPSA) is 53.2 Å². The van der Waals surface area contributed by atoms with E-state index in [-0.39, 0.29) is 36.8 Å². The molecule has 4 nitrogen and oxygen atoms in total. The summed E-state index contributed by atoms with van der Waals surface area (Å²) >= 11 is 0. The highest BCUT2D eigenvalue weighted by Gasteiger charge is 2.23. The standard InChI is InChI=1S/C19H31N3O.2ClH/c1-12(2)14(4)21-17-9-6-8-16(13(17)3)19(23)22-18-10-7-11-20-15(18)5;;/h6,8-9,12,14-15,18,20-21H,7,10-11H2,1-5H3,(H,22,23);2*1H. The lowest BCUT2D eigenvalue weighted by Gasteiger charge is -2.31. The Bertz CT molecular complexity index is 551. The largest absolute Gasteiger partial charge is 0.382 e. The summed E-state index contributed by atoms with van der Waals surface area (Å²) in [5, 5.41) is 10.2. The van der Waals surface area contributed by atoms with Gasteiger partial charge in [-0.15, -0.1) is 24.8 Å². The molecule has 0 spiro atoms. The molecule has 1 saturated heterocycles. The van der Waals surface area contributed by atoms with E-state index in [1.54, 1.807) is 0 Å². The average Bonchev–Trinajstić information content (AvgIpc) is 2.51. The molecule has 1 heterocycles. The second kappa shape index (κ2) is 10.9. The van der Waals surface area contributed by atoms with Gasteiger partial charge in [-0.2, -0.15) is 0 Å². The van der Waals surface area contributed by atoms with Crippen LogP contribution >= 0.6 is 24.8 Å². The Morgan fingerprint density at radius 1 is 1.24 bits per heavy atom. The Morgan fingerprint density at radius 3 is 2.52 bits per heavy atom. The predicted molar refractivity (Wildman–Crippen MR) is 112 cm³/mol. The van der Waals surface area contributed by atoms with Crippen LogP contribution in [0.1, 0.15) is 56.5 Å². The fourth-order valence-electron chi connectivity index (χ4n) is 2.94. The first-order chi connectivity index (χ1) is 10.9. The summed E-state index contributed by atoms with van der Waals surface area (Å²) in [5.41, 5.74) is 2.84. The van der Waals surface area contributed by atoms with Crippen molar-refractivity contribution in [3.05, 3.63) is 29.3 Å². The van der Waals surface area contributed by atoms with Gasteiger partial charge in [0.2, 0.25) is 0 Å². The number of piperidine rings is 1. The van der Waals surface area contributed by atoms with Gasteiger partial charge in [0.15, 0.2) is 0 Å². The number of amides is 1. The number of anilines is 1. The molecule has 6 heteroatoms. The molecule has 2 rings (SSSR count). The number of nitrogens with one attached hydrogen (secondary N) is 3. The van der Waals surface area contributed by atoms with Crippen molar-refractivity contribution in [2.45, 2.75) is 65.6 Å². The smallest absolute Gasteiger partial charge is 0.251 e. The number of hydrogen-bond donors (Lipinski definition) is 3. The van der Waals surface area contributed by atoms with E-state index in [0.29, 0.717) is 18.0 Å². The van der Waals surface area contributed by atoms with Crippen LogP contribution in [0.3, 0.4) is 0 Å². The van der Waals surface area contributed by atoms with Crippen molar-refractivity contribution in [1.82, 2.24) is 10.6 Å². The van der Waals surface area contributed by atoms with Crippen molar-refractivity contribution in [3.63, 3.8) is 0 Å². The molecule has 1 fully saturated rings. The highest BCUT2D eigenvalue weighted by Crippen LogP contribution is 2.22. The van der Waals surface area contributed by atoms with Crippen molar-refractivity contribution in [2.24, 2.45) is 5.92 Å². The van der Waals surface area contributed by atoms with Crippen LogP contribution in [0.25, 0.3) is 0 Å². The number of carbonyl (C=O) groups excluding carboxylic acids is 1. The summed E-state index contributed by atoms with van der Waals surface area (Å²) in [7, 11) is 0. The number of rotatable bonds is 5. The molecule has 1 aromatic carbocycles. The molecule has 3 N–H and O–H groups in total. The van der Waals surface area contributed by atoms with Crippen molar-refractivity contribution < 1.29 is 4.79 Å². The molecule has 3 atom stereocenters. The number of benzene rings is 1. The van der Waals surface area contributed by atoms with E-state index in [9.17, 15) is 4.79 Å². The highest BCUT2D eigenvalue weighted by molar-refractivity contribution is 5.97. The van der Waals surface area contributed by atoms with E-state index in [2.05, 4.69) is 49.7 Å². The van der Waals surface area contributed by atoms with Crippen molar-refractivity contribution >= 4 is 36.4 Å². The molecule has 0 aliphatic carbocycles. The molecule has 1 aromatic rings. The van der Waals surface area contributed by atoms with Crippen LogP contribution < -0.4 is 16.0 Å². The van der Waals surface area contributed by atoms with Crippen molar-refractivity contribution in [3.8, 4) is 0 Å². The van der Waals surface area contributed by atoms with Crippen LogP contribution in [0.5, 0.6) is 0 Å². The maximum absolute atomic E-state index is 12.7. The molecule has 1 aliphatic rings. The summed E-state index contributed by atoms with van der Waals surface area (Å²) in [4.78, 5) is 12.7. The minimum atomic E-state index is 0. The van der Waals surface area contributed by atoms with Gasteiger partial charge in [-0.25, -0.2) is 0 Å². The van der Waals surface area contributed by atoms with Gasteiger partial charge in [0.05, 0.1) is 0 Å². The van der Waals surface area contributed by atoms with Crippen LogP contribution in [0, 0.1) is 12.8 Å². The Morgan fingerprint density at radius 2 is 1.92 bits per heavy atom. The third-order valence-electron chi connectivity index (χ3n) is 5.04. The predicted octanol–water partition coefficient (Wildman–Crippen LogP) is 4.17. The lowest BCUT2D eigenvalue weighted by Crippen LogP contribution is -2.52. The Hall–Kier alpha value is -0.970. The molecule has 0 radical (unpaired) electrons. The zero-order valence-electron chi connectivity index (χ0n) is 15.9. The van der Waals surface area contributed by atoms with Gasteiger partial charge in [-0.05, 0) is 63.8 Å². The van der Waals surface area contributed by atoms with E-state index in [0.717, 1.165) is 36.2 Å². The van der Waals surface area contributed by atoms with E-state index in [4.69, 9.17) is 0 Å². The second-order valence-corrected chi connectivity index (χ2v) is 7.12. The molecule has 0 saturated carbocycles. The first kappa shape index (κ1) is 24.0. The molecular weight excluding hydrogens is 357 g/mol. The van der Waals surface area contributed by atoms with Gasteiger partial charge in [-0.1, -0.05) is 19.9 Å². The summed E-state index contributed by atoms with van der Waals surface area (Å²) in [5.74, 6) is 0.574. The maximum atomic E-state index is 12.7. The molecule has 0 aromatic heterocycles. The fourth-order valence-corrected chi connectivity index (χ4v) is 2.94. The summed E-state index contributed by atoms with van der Waals surface area (Å²) < 4.78 is 0. The van der Waals surface area contributed by atoms with Crippen LogP contribution in [-0.2, 0) is 0 Å². The minimum Gasteiger partial charge on any atom is -0.382 e. The number of carbonyl (C=O) groups is 1. The third-order valence-corrected chi connectivity index (χ3v) is 5.04. The van der Waals surface area contributed by atoms with Crippen LogP contribution in [0.15, 0.2) is 18.2 Å². The lowest BCUT2D eigenvalue weighted by atomic mass is 9.98. The van der Waals surface area contributed by atoms with Gasteiger partial charge in [0.25, 0.3) is 5.91 Å². The van der Waals surface area contributed by atoms with Crippen LogP contribution in [-0.4, -0.2) is 30.6 Å². The fraction of sp³-hybridized carbons (Fsp3) is 0.632. The van der Waals surface area contributed by atoms with E-state index >= 15 is 0 Å². The Kier molecular flexibility index (Phi) is 10.5. The van der Waals surface area contributed by atoms with Gasteiger partial charge < -0.3 is 16.0 Å². The monoisotopic (exact) mass is 389 g/mol. The molecule has 0 bridgehead atoms. The Labute approximate surface area is 164 Å². The molecule has 25 heavy (non-hydrogen) atoms. The normalized spacial score (nSPS) is 20.9. The quantitative estimate of drug-likeness (QED) is 0.708. The third kappa shape index (κ3) is 6.36. The van der Waals surface area contributed by atoms with E-state index in [1.807, 2.05) is 19.1 Å². The van der Waals surface area contributed by atoms with Gasteiger partial charge in [-0.3, -0.25) is 4.79 Å².